The summed E-state index contributed by atoms with van der Waals surface area (Å²) in [6.07, 6.45) is 0. The first-order valence-corrected chi connectivity index (χ1v) is 9.90. The zero-order valence-electron chi connectivity index (χ0n) is 16.1. The maximum absolute atomic E-state index is 2.40. The first-order valence-electron chi connectivity index (χ1n) is 9.90. The van der Waals surface area contributed by atoms with Gasteiger partial charge >= 0.3 is 0 Å². The number of hydrogen-bond acceptors (Lipinski definition) is 0. The van der Waals surface area contributed by atoms with Gasteiger partial charge in [0.25, 0.3) is 0 Å². The van der Waals surface area contributed by atoms with Crippen molar-refractivity contribution in [3.05, 3.63) is 102 Å². The van der Waals surface area contributed by atoms with E-state index >= 15 is 0 Å². The molecular formula is C27H21N. The van der Waals surface area contributed by atoms with Crippen LogP contribution in [0.25, 0.3) is 38.6 Å². The van der Waals surface area contributed by atoms with E-state index in [1.54, 1.807) is 0 Å². The Bertz CT molecular complexity index is 1370. The molecule has 0 aliphatic heterocycles. The molecule has 1 aliphatic carbocycles. The van der Waals surface area contributed by atoms with Gasteiger partial charge in [-0.2, -0.15) is 0 Å². The molecular weight excluding hydrogens is 338 g/mol. The van der Waals surface area contributed by atoms with E-state index in [9.17, 15) is 0 Å². The number of rotatable bonds is 1. The molecule has 1 aromatic heterocycles. The van der Waals surface area contributed by atoms with Crippen LogP contribution in [0.2, 0.25) is 0 Å². The van der Waals surface area contributed by atoms with Crippen molar-refractivity contribution in [1.29, 1.82) is 0 Å². The molecule has 5 aromatic rings. The molecule has 1 nitrogen and oxygen atoms in total. The molecule has 0 saturated carbocycles. The third-order valence-corrected chi connectivity index (χ3v) is 6.40. The minimum absolute atomic E-state index is 0.0239. The van der Waals surface area contributed by atoms with Gasteiger partial charge in [0.2, 0.25) is 0 Å². The van der Waals surface area contributed by atoms with Crippen LogP contribution in [-0.2, 0) is 5.41 Å². The summed E-state index contributed by atoms with van der Waals surface area (Å²) in [6, 6.07) is 33.0. The molecule has 134 valence electrons. The van der Waals surface area contributed by atoms with Crippen LogP contribution in [0, 0.1) is 0 Å². The molecule has 0 bridgehead atoms. The fourth-order valence-corrected chi connectivity index (χ4v) is 5.11. The fourth-order valence-electron chi connectivity index (χ4n) is 5.11. The third kappa shape index (κ3) is 1.86. The molecule has 0 radical (unpaired) electrons. The average Bonchev–Trinajstić information content (AvgIpc) is 3.19. The van der Waals surface area contributed by atoms with E-state index in [-0.39, 0.29) is 5.41 Å². The summed E-state index contributed by atoms with van der Waals surface area (Å²) >= 11 is 0. The predicted octanol–water partition coefficient (Wildman–Crippen LogP) is 7.09. The molecule has 0 unspecified atom stereocenters. The van der Waals surface area contributed by atoms with Crippen LogP contribution in [0.4, 0.5) is 0 Å². The van der Waals surface area contributed by atoms with Crippen LogP contribution in [0.1, 0.15) is 25.0 Å². The summed E-state index contributed by atoms with van der Waals surface area (Å²) in [5.74, 6) is 0. The SMILES string of the molecule is CC1(C)c2ccccc2-c2c1ccc1c2c2ccccc2n1-c1ccccc1. The first kappa shape index (κ1) is 15.7. The topological polar surface area (TPSA) is 4.93 Å². The highest BCUT2D eigenvalue weighted by Crippen LogP contribution is 2.52. The number of hydrogen-bond donors (Lipinski definition) is 0. The Morgan fingerprint density at radius 1 is 0.607 bits per heavy atom. The average molecular weight is 359 g/mol. The van der Waals surface area contributed by atoms with Gasteiger partial charge in [-0.3, -0.25) is 0 Å². The number of para-hydroxylation sites is 2. The maximum Gasteiger partial charge on any atom is 0.0547 e. The Kier molecular flexibility index (Phi) is 3.01. The summed E-state index contributed by atoms with van der Waals surface area (Å²) in [5, 5.41) is 2.70. The summed E-state index contributed by atoms with van der Waals surface area (Å²) in [5.41, 5.74) is 9.41. The third-order valence-electron chi connectivity index (χ3n) is 6.40. The van der Waals surface area contributed by atoms with E-state index in [0.29, 0.717) is 0 Å². The van der Waals surface area contributed by atoms with E-state index in [0.717, 1.165) is 0 Å². The van der Waals surface area contributed by atoms with Crippen LogP contribution < -0.4 is 0 Å². The molecule has 0 amide bonds. The minimum Gasteiger partial charge on any atom is -0.309 e. The molecule has 1 aliphatic rings. The van der Waals surface area contributed by atoms with Crippen LogP contribution >= 0.6 is 0 Å². The van der Waals surface area contributed by atoms with Gasteiger partial charge in [0.15, 0.2) is 0 Å². The zero-order valence-corrected chi connectivity index (χ0v) is 16.1. The Morgan fingerprint density at radius 3 is 2.18 bits per heavy atom. The van der Waals surface area contributed by atoms with Crippen LogP contribution in [0.5, 0.6) is 0 Å². The number of aromatic nitrogens is 1. The molecule has 4 aromatic carbocycles. The van der Waals surface area contributed by atoms with Crippen molar-refractivity contribution in [3.8, 4) is 16.8 Å². The highest BCUT2D eigenvalue weighted by Gasteiger charge is 2.37. The Morgan fingerprint density at radius 2 is 1.32 bits per heavy atom. The smallest absolute Gasteiger partial charge is 0.0547 e. The van der Waals surface area contributed by atoms with Crippen LogP contribution in [0.3, 0.4) is 0 Å². The Hall–Kier alpha value is -3.32. The lowest BCUT2D eigenvalue weighted by molar-refractivity contribution is 0.661. The van der Waals surface area contributed by atoms with Gasteiger partial charge < -0.3 is 4.57 Å². The molecule has 0 saturated heterocycles. The number of benzene rings is 4. The first-order chi connectivity index (χ1) is 13.7. The molecule has 0 fully saturated rings. The Balaban J connectivity index is 1.85. The van der Waals surface area contributed by atoms with Gasteiger partial charge in [-0.15, -0.1) is 0 Å². The summed E-state index contributed by atoms with van der Waals surface area (Å²) < 4.78 is 2.40. The van der Waals surface area contributed by atoms with E-state index < -0.39 is 0 Å². The van der Waals surface area contributed by atoms with Crippen molar-refractivity contribution in [2.45, 2.75) is 19.3 Å². The quantitative estimate of drug-likeness (QED) is 0.301. The molecule has 0 atom stereocenters. The van der Waals surface area contributed by atoms with Crippen molar-refractivity contribution in [2.24, 2.45) is 0 Å². The summed E-state index contributed by atoms with van der Waals surface area (Å²) in [4.78, 5) is 0. The summed E-state index contributed by atoms with van der Waals surface area (Å²) in [6.45, 7) is 4.69. The van der Waals surface area contributed by atoms with Crippen molar-refractivity contribution >= 4 is 21.8 Å². The van der Waals surface area contributed by atoms with Gasteiger partial charge in [-0.05, 0) is 46.5 Å². The molecule has 1 heterocycles. The van der Waals surface area contributed by atoms with E-state index in [2.05, 4.69) is 109 Å². The zero-order chi connectivity index (χ0) is 18.9. The molecule has 28 heavy (non-hydrogen) atoms. The van der Waals surface area contributed by atoms with Gasteiger partial charge in [0.1, 0.15) is 0 Å². The lowest BCUT2D eigenvalue weighted by Gasteiger charge is -2.21. The minimum atomic E-state index is 0.0239. The van der Waals surface area contributed by atoms with Gasteiger partial charge in [-0.1, -0.05) is 80.6 Å². The maximum atomic E-state index is 2.40. The number of nitrogens with zero attached hydrogens (tertiary/aromatic N) is 1. The van der Waals surface area contributed by atoms with E-state index in [1.165, 1.54) is 49.7 Å². The van der Waals surface area contributed by atoms with Gasteiger partial charge in [0, 0.05) is 21.9 Å². The van der Waals surface area contributed by atoms with Gasteiger partial charge in [-0.25, -0.2) is 0 Å². The lowest BCUT2D eigenvalue weighted by atomic mass is 9.82. The second-order valence-electron chi connectivity index (χ2n) is 8.24. The predicted molar refractivity (Wildman–Crippen MR) is 118 cm³/mol. The monoisotopic (exact) mass is 359 g/mol. The Labute approximate surface area is 164 Å². The molecule has 1 heteroatoms. The highest BCUT2D eigenvalue weighted by molar-refractivity contribution is 6.17. The van der Waals surface area contributed by atoms with Crippen molar-refractivity contribution in [3.63, 3.8) is 0 Å². The van der Waals surface area contributed by atoms with Crippen molar-refractivity contribution in [2.75, 3.05) is 0 Å². The second-order valence-corrected chi connectivity index (χ2v) is 8.24. The molecule has 6 rings (SSSR count). The van der Waals surface area contributed by atoms with Crippen LogP contribution in [-0.4, -0.2) is 4.57 Å². The second kappa shape index (κ2) is 5.36. The lowest BCUT2D eigenvalue weighted by Crippen LogP contribution is -2.14. The van der Waals surface area contributed by atoms with E-state index in [4.69, 9.17) is 0 Å². The molecule has 0 spiro atoms. The van der Waals surface area contributed by atoms with Crippen molar-refractivity contribution in [1.82, 2.24) is 4.57 Å². The van der Waals surface area contributed by atoms with Crippen molar-refractivity contribution < 1.29 is 0 Å². The fraction of sp³-hybridized carbons (Fsp3) is 0.111. The standard InChI is InChI=1S/C27H21N/c1-27(2)21-14-8-6-12-19(21)25-22(27)16-17-24-26(25)20-13-7-9-15-23(20)28(24)18-10-4-3-5-11-18/h3-17H,1-2H3. The van der Waals surface area contributed by atoms with Crippen LogP contribution in [0.15, 0.2) is 91.0 Å². The number of fused-ring (bicyclic) bond motifs is 7. The van der Waals surface area contributed by atoms with E-state index in [1.807, 2.05) is 0 Å². The normalized spacial score (nSPS) is 14.4. The highest BCUT2D eigenvalue weighted by atomic mass is 15.0. The van der Waals surface area contributed by atoms with Gasteiger partial charge in [0.05, 0.1) is 11.0 Å². The largest absolute Gasteiger partial charge is 0.309 e. The summed E-state index contributed by atoms with van der Waals surface area (Å²) in [7, 11) is 0. The molecule has 0 N–H and O–H groups in total.